The second-order valence-electron chi connectivity index (χ2n) is 2.02. The van der Waals surface area contributed by atoms with Crippen molar-refractivity contribution >= 4 is 25.0 Å². The molecule has 0 aliphatic heterocycles. The van der Waals surface area contributed by atoms with Crippen LogP contribution in [0, 0.1) is 6.92 Å². The van der Waals surface area contributed by atoms with Crippen LogP contribution in [0.3, 0.4) is 0 Å². The summed E-state index contributed by atoms with van der Waals surface area (Å²) in [5, 5.41) is 0. The summed E-state index contributed by atoms with van der Waals surface area (Å²) in [7, 11) is 0. The molecular formula is C6H8N2OSe. The number of carbonyl (C=O) groups excluding carboxylic acids is 1. The zero-order valence-electron chi connectivity index (χ0n) is 5.84. The van der Waals surface area contributed by atoms with Crippen molar-refractivity contribution in [2.24, 2.45) is 0 Å². The normalized spacial score (nSPS) is 9.80. The quantitative estimate of drug-likeness (QED) is 0.525. The molecule has 0 bridgehead atoms. The van der Waals surface area contributed by atoms with Crippen LogP contribution in [0.5, 0.6) is 0 Å². The van der Waals surface area contributed by atoms with Crippen LogP contribution in [0.1, 0.15) is 21.8 Å². The molecule has 0 radical (unpaired) electrons. The van der Waals surface area contributed by atoms with Crippen LogP contribution in [0.25, 0.3) is 0 Å². The van der Waals surface area contributed by atoms with Crippen LogP contribution >= 0.6 is 0 Å². The van der Waals surface area contributed by atoms with Crippen molar-refractivity contribution < 1.29 is 4.79 Å². The van der Waals surface area contributed by atoms with E-state index in [-0.39, 0.29) is 20.3 Å². The topological polar surface area (TPSA) is 56.0 Å². The number of hydrogen-bond acceptors (Lipinski definition) is 3. The molecule has 2 N–H and O–H groups in total. The third-order valence-electron chi connectivity index (χ3n) is 1.13. The Morgan fingerprint density at radius 3 is 2.50 bits per heavy atom. The number of Topliss-reactive ketones (excluding diaryl/α,β-unsaturated/α-hetero) is 1. The van der Waals surface area contributed by atoms with Crippen molar-refractivity contribution in [3.8, 4) is 0 Å². The molecule has 0 saturated heterocycles. The number of anilines is 1. The van der Waals surface area contributed by atoms with Gasteiger partial charge < -0.3 is 0 Å². The maximum atomic E-state index is 10.8. The number of aryl methyl sites for hydroxylation is 1. The number of carbonyl (C=O) groups is 1. The van der Waals surface area contributed by atoms with Crippen molar-refractivity contribution in [1.82, 2.24) is 4.98 Å². The summed E-state index contributed by atoms with van der Waals surface area (Å²) in [4.78, 5) is 14.8. The first-order chi connectivity index (χ1) is 4.61. The SMILES string of the molecule is CC(=O)c1[se]c(N)nc1C. The molecule has 0 amide bonds. The minimum absolute atomic E-state index is 0.00405. The summed E-state index contributed by atoms with van der Waals surface area (Å²) in [6.45, 7) is 3.37. The molecule has 0 fully saturated rings. The summed E-state index contributed by atoms with van der Waals surface area (Å²) >= 11 is -0.00405. The second-order valence-corrected chi connectivity index (χ2v) is 4.19. The fourth-order valence-corrected chi connectivity index (χ4v) is 2.27. The average Bonchev–Trinajstić information content (AvgIpc) is 2.10. The molecule has 0 saturated carbocycles. The minimum atomic E-state index is -0.00405. The van der Waals surface area contributed by atoms with Gasteiger partial charge in [-0.2, -0.15) is 0 Å². The molecule has 0 aliphatic rings. The molecule has 0 unspecified atom stereocenters. The van der Waals surface area contributed by atoms with Crippen LogP contribution in [0.4, 0.5) is 4.69 Å². The van der Waals surface area contributed by atoms with Gasteiger partial charge in [0, 0.05) is 0 Å². The van der Waals surface area contributed by atoms with Gasteiger partial charge in [0.15, 0.2) is 0 Å². The monoisotopic (exact) mass is 204 g/mol. The Labute approximate surface area is 65.0 Å². The van der Waals surface area contributed by atoms with Crippen molar-refractivity contribution in [1.29, 1.82) is 0 Å². The molecule has 1 rings (SSSR count). The molecule has 54 valence electrons. The molecular weight excluding hydrogens is 195 g/mol. The zero-order valence-corrected chi connectivity index (χ0v) is 7.55. The van der Waals surface area contributed by atoms with Crippen LogP contribution in [0.15, 0.2) is 0 Å². The van der Waals surface area contributed by atoms with Gasteiger partial charge in [-0.15, -0.1) is 0 Å². The molecule has 1 aromatic heterocycles. The standard InChI is InChI=1S/C6H8N2OSe/c1-3-5(4(2)9)10-6(7)8-3/h1-2H3,(H2,7,8). The number of nitrogens with zero attached hydrogens (tertiary/aromatic N) is 1. The van der Waals surface area contributed by atoms with Gasteiger partial charge in [-0.25, -0.2) is 0 Å². The summed E-state index contributed by atoms with van der Waals surface area (Å²) < 4.78 is 1.42. The molecule has 1 heterocycles. The second kappa shape index (κ2) is 2.56. The fraction of sp³-hybridized carbons (Fsp3) is 0.333. The van der Waals surface area contributed by atoms with E-state index in [2.05, 4.69) is 4.98 Å². The van der Waals surface area contributed by atoms with E-state index in [1.807, 2.05) is 6.92 Å². The first kappa shape index (κ1) is 7.51. The molecule has 4 heteroatoms. The molecule has 0 aliphatic carbocycles. The Balaban J connectivity index is 3.15. The molecule has 0 spiro atoms. The molecule has 10 heavy (non-hydrogen) atoms. The third-order valence-corrected chi connectivity index (χ3v) is 3.41. The Bertz CT molecular complexity index is 267. The number of ketones is 1. The number of aromatic nitrogens is 1. The summed E-state index contributed by atoms with van der Waals surface area (Å²) in [5.74, 6) is 0.0988. The van der Waals surface area contributed by atoms with Gasteiger partial charge in [-0.3, -0.25) is 0 Å². The Morgan fingerprint density at radius 1 is 1.70 bits per heavy atom. The van der Waals surface area contributed by atoms with Gasteiger partial charge in [-0.05, 0) is 0 Å². The predicted molar refractivity (Wildman–Crippen MR) is 40.3 cm³/mol. The average molecular weight is 203 g/mol. The molecule has 0 aromatic carbocycles. The van der Waals surface area contributed by atoms with E-state index < -0.39 is 0 Å². The predicted octanol–water partition coefficient (Wildman–Crippen LogP) is 0.232. The molecule has 1 aromatic rings. The van der Waals surface area contributed by atoms with Crippen molar-refractivity contribution in [3.05, 3.63) is 10.1 Å². The summed E-state index contributed by atoms with van der Waals surface area (Å²) in [5.41, 5.74) is 6.23. The Morgan fingerprint density at radius 2 is 2.30 bits per heavy atom. The van der Waals surface area contributed by atoms with Gasteiger partial charge in [-0.1, -0.05) is 0 Å². The van der Waals surface area contributed by atoms with Crippen LogP contribution in [-0.4, -0.2) is 25.3 Å². The Kier molecular flexibility index (Phi) is 1.92. The van der Waals surface area contributed by atoms with Crippen LogP contribution in [0.2, 0.25) is 0 Å². The summed E-state index contributed by atoms with van der Waals surface area (Å²) in [6.07, 6.45) is 0. The van der Waals surface area contributed by atoms with Crippen molar-refractivity contribution in [2.45, 2.75) is 13.8 Å². The summed E-state index contributed by atoms with van der Waals surface area (Å²) in [6, 6.07) is 0. The van der Waals surface area contributed by atoms with Gasteiger partial charge in [0.1, 0.15) is 0 Å². The van der Waals surface area contributed by atoms with Crippen molar-refractivity contribution in [2.75, 3.05) is 5.73 Å². The molecule has 3 nitrogen and oxygen atoms in total. The van der Waals surface area contributed by atoms with Gasteiger partial charge in [0.25, 0.3) is 0 Å². The van der Waals surface area contributed by atoms with Gasteiger partial charge in [0.05, 0.1) is 0 Å². The number of hydrogen-bond donors (Lipinski definition) is 1. The zero-order chi connectivity index (χ0) is 7.72. The van der Waals surface area contributed by atoms with Crippen LogP contribution in [-0.2, 0) is 0 Å². The maximum absolute atomic E-state index is 10.8. The van der Waals surface area contributed by atoms with E-state index in [0.29, 0.717) is 4.69 Å². The number of nitrogen functional groups attached to an aromatic ring is 1. The van der Waals surface area contributed by atoms with E-state index in [4.69, 9.17) is 5.73 Å². The van der Waals surface area contributed by atoms with E-state index in [1.165, 1.54) is 0 Å². The van der Waals surface area contributed by atoms with E-state index in [1.54, 1.807) is 6.92 Å². The van der Waals surface area contributed by atoms with Gasteiger partial charge >= 0.3 is 64.5 Å². The third kappa shape index (κ3) is 1.28. The van der Waals surface area contributed by atoms with Crippen LogP contribution < -0.4 is 5.73 Å². The van der Waals surface area contributed by atoms with E-state index in [0.717, 1.165) is 10.1 Å². The van der Waals surface area contributed by atoms with E-state index >= 15 is 0 Å². The van der Waals surface area contributed by atoms with Gasteiger partial charge in [0.2, 0.25) is 0 Å². The number of rotatable bonds is 1. The fourth-order valence-electron chi connectivity index (χ4n) is 0.744. The van der Waals surface area contributed by atoms with Crippen molar-refractivity contribution in [3.63, 3.8) is 0 Å². The Hall–Kier alpha value is -0.601. The number of nitrogens with two attached hydrogens (primary N) is 1. The molecule has 0 atom stereocenters. The van der Waals surface area contributed by atoms with E-state index in [9.17, 15) is 4.79 Å². The first-order valence-electron chi connectivity index (χ1n) is 2.85. The first-order valence-corrected chi connectivity index (χ1v) is 4.56.